The van der Waals surface area contributed by atoms with Crippen LogP contribution in [0.1, 0.15) is 19.8 Å². The lowest BCUT2D eigenvalue weighted by Gasteiger charge is -2.14. The maximum Gasteiger partial charge on any atom is 0.332 e. The highest BCUT2D eigenvalue weighted by Crippen LogP contribution is 2.25. The lowest BCUT2D eigenvalue weighted by molar-refractivity contribution is -0.155. The van der Waals surface area contributed by atoms with Gasteiger partial charge in [0.1, 0.15) is 0 Å². The molecule has 5 nitrogen and oxygen atoms in total. The minimum Gasteiger partial charge on any atom is -0.481 e. The van der Waals surface area contributed by atoms with Gasteiger partial charge in [0.15, 0.2) is 6.10 Å². The molecule has 1 aliphatic rings. The number of aliphatic carboxylic acids is 2. The van der Waals surface area contributed by atoms with Gasteiger partial charge in [0.05, 0.1) is 12.0 Å². The molecule has 3 unspecified atom stereocenters. The fraction of sp³-hybridized carbons (Fsp3) is 0.750. The molecule has 1 saturated heterocycles. The summed E-state index contributed by atoms with van der Waals surface area (Å²) >= 11 is 0. The number of hydrogen-bond acceptors (Lipinski definition) is 3. The molecule has 0 spiro atoms. The first-order valence-electron chi connectivity index (χ1n) is 4.13. The second-order valence-electron chi connectivity index (χ2n) is 3.21. The quantitative estimate of drug-likeness (QED) is 0.667. The zero-order chi connectivity index (χ0) is 10.0. The first-order chi connectivity index (χ1) is 6.02. The van der Waals surface area contributed by atoms with Crippen LogP contribution in [0.4, 0.5) is 0 Å². The highest BCUT2D eigenvalue weighted by molar-refractivity contribution is 5.73. The maximum atomic E-state index is 10.5. The van der Waals surface area contributed by atoms with Crippen LogP contribution in [0, 0.1) is 5.92 Å². The van der Waals surface area contributed by atoms with Gasteiger partial charge in [-0.2, -0.15) is 0 Å². The van der Waals surface area contributed by atoms with Crippen molar-refractivity contribution >= 4 is 11.9 Å². The fourth-order valence-electron chi connectivity index (χ4n) is 1.37. The van der Waals surface area contributed by atoms with E-state index in [1.807, 2.05) is 0 Å². The van der Waals surface area contributed by atoms with Gasteiger partial charge >= 0.3 is 11.9 Å². The van der Waals surface area contributed by atoms with E-state index in [2.05, 4.69) is 0 Å². The Balaban J connectivity index is 2.49. The average molecular weight is 188 g/mol. The van der Waals surface area contributed by atoms with Crippen LogP contribution in [0.25, 0.3) is 0 Å². The largest absolute Gasteiger partial charge is 0.481 e. The Morgan fingerprint density at radius 2 is 2.00 bits per heavy atom. The van der Waals surface area contributed by atoms with Gasteiger partial charge in [0.2, 0.25) is 0 Å². The molecule has 0 aromatic heterocycles. The van der Waals surface area contributed by atoms with E-state index in [1.165, 1.54) is 6.92 Å². The lowest BCUT2D eigenvalue weighted by atomic mass is 10.0. The Labute approximate surface area is 75.3 Å². The zero-order valence-electron chi connectivity index (χ0n) is 7.27. The van der Waals surface area contributed by atoms with Crippen molar-refractivity contribution in [3.05, 3.63) is 0 Å². The summed E-state index contributed by atoms with van der Waals surface area (Å²) in [6, 6.07) is 0. The molecule has 74 valence electrons. The summed E-state index contributed by atoms with van der Waals surface area (Å²) in [6.07, 6.45) is -0.382. The number of carbonyl (C=O) groups is 2. The predicted octanol–water partition coefficient (Wildman–Crippen LogP) is 0.339. The molecule has 1 fully saturated rings. The topological polar surface area (TPSA) is 83.8 Å². The summed E-state index contributed by atoms with van der Waals surface area (Å²) in [6.45, 7) is 1.53. The van der Waals surface area contributed by atoms with Crippen LogP contribution in [0.2, 0.25) is 0 Å². The highest BCUT2D eigenvalue weighted by Gasteiger charge is 2.35. The molecule has 0 aromatic carbocycles. The van der Waals surface area contributed by atoms with Crippen LogP contribution >= 0.6 is 0 Å². The van der Waals surface area contributed by atoms with Gasteiger partial charge < -0.3 is 14.9 Å². The lowest BCUT2D eigenvalue weighted by Crippen LogP contribution is -2.28. The second kappa shape index (κ2) is 3.74. The minimum absolute atomic E-state index is 0.400. The van der Waals surface area contributed by atoms with E-state index < -0.39 is 30.1 Å². The van der Waals surface area contributed by atoms with Crippen molar-refractivity contribution in [2.24, 2.45) is 5.92 Å². The van der Waals surface area contributed by atoms with Gasteiger partial charge in [0.25, 0.3) is 0 Å². The van der Waals surface area contributed by atoms with Gasteiger partial charge in [-0.25, -0.2) is 4.79 Å². The summed E-state index contributed by atoms with van der Waals surface area (Å²) in [4.78, 5) is 21.0. The molecule has 13 heavy (non-hydrogen) atoms. The van der Waals surface area contributed by atoms with Crippen molar-refractivity contribution in [2.45, 2.75) is 32.0 Å². The smallest absolute Gasteiger partial charge is 0.332 e. The second-order valence-corrected chi connectivity index (χ2v) is 3.21. The maximum absolute atomic E-state index is 10.5. The molecule has 0 radical (unpaired) electrons. The Hall–Kier alpha value is -1.10. The van der Waals surface area contributed by atoms with Gasteiger partial charge in [-0.3, -0.25) is 4.79 Å². The predicted molar refractivity (Wildman–Crippen MR) is 42.3 cm³/mol. The average Bonchev–Trinajstić information content (AvgIpc) is 2.50. The molecule has 0 aromatic rings. The van der Waals surface area contributed by atoms with E-state index in [9.17, 15) is 9.59 Å². The molecule has 1 heterocycles. The van der Waals surface area contributed by atoms with Crippen LogP contribution in [0.5, 0.6) is 0 Å². The Morgan fingerprint density at radius 1 is 1.38 bits per heavy atom. The third kappa shape index (κ3) is 2.18. The Kier molecular flexibility index (Phi) is 2.87. The van der Waals surface area contributed by atoms with Crippen LogP contribution in [-0.4, -0.2) is 34.4 Å². The Morgan fingerprint density at radius 3 is 2.38 bits per heavy atom. The molecular formula is C8H12O5. The van der Waals surface area contributed by atoms with Gasteiger partial charge in [-0.05, 0) is 19.8 Å². The van der Waals surface area contributed by atoms with Crippen molar-refractivity contribution in [1.29, 1.82) is 0 Å². The number of carboxylic acids is 2. The van der Waals surface area contributed by atoms with Crippen molar-refractivity contribution in [1.82, 2.24) is 0 Å². The van der Waals surface area contributed by atoms with E-state index in [0.29, 0.717) is 12.8 Å². The highest BCUT2D eigenvalue weighted by atomic mass is 16.5. The van der Waals surface area contributed by atoms with Crippen LogP contribution in [0.3, 0.4) is 0 Å². The first-order valence-corrected chi connectivity index (χ1v) is 4.13. The van der Waals surface area contributed by atoms with Crippen molar-refractivity contribution in [3.63, 3.8) is 0 Å². The summed E-state index contributed by atoms with van der Waals surface area (Å²) in [5, 5.41) is 17.2. The number of rotatable bonds is 3. The SMILES string of the molecule is CC(C(=O)O)C1CCC(C(=O)O)O1. The number of carboxylic acid groups (broad SMARTS) is 2. The van der Waals surface area contributed by atoms with Crippen molar-refractivity contribution in [2.75, 3.05) is 0 Å². The van der Waals surface area contributed by atoms with Crippen LogP contribution in [0.15, 0.2) is 0 Å². The molecule has 0 saturated carbocycles. The third-order valence-electron chi connectivity index (χ3n) is 2.28. The molecule has 1 aliphatic heterocycles. The van der Waals surface area contributed by atoms with Gasteiger partial charge in [0, 0.05) is 0 Å². The Bertz CT molecular complexity index is 225. The third-order valence-corrected chi connectivity index (χ3v) is 2.28. The molecule has 0 bridgehead atoms. The number of ether oxygens (including phenoxy) is 1. The van der Waals surface area contributed by atoms with E-state index >= 15 is 0 Å². The van der Waals surface area contributed by atoms with Crippen molar-refractivity contribution in [3.8, 4) is 0 Å². The first kappa shape index (κ1) is 9.98. The van der Waals surface area contributed by atoms with E-state index in [4.69, 9.17) is 14.9 Å². The van der Waals surface area contributed by atoms with E-state index in [0.717, 1.165) is 0 Å². The monoisotopic (exact) mass is 188 g/mol. The molecule has 0 amide bonds. The summed E-state index contributed by atoms with van der Waals surface area (Å²) in [5.74, 6) is -2.60. The van der Waals surface area contributed by atoms with E-state index in [-0.39, 0.29) is 0 Å². The molecule has 3 atom stereocenters. The normalized spacial score (nSPS) is 29.9. The summed E-state index contributed by atoms with van der Waals surface area (Å²) < 4.78 is 5.07. The standard InChI is InChI=1S/C8H12O5/c1-4(7(9)10)5-2-3-6(13-5)8(11)12/h4-6H,2-3H2,1H3,(H,9,10)(H,11,12). The summed E-state index contributed by atoms with van der Waals surface area (Å²) in [7, 11) is 0. The molecule has 0 aliphatic carbocycles. The van der Waals surface area contributed by atoms with Gasteiger partial charge in [-0.15, -0.1) is 0 Å². The zero-order valence-corrected chi connectivity index (χ0v) is 7.27. The minimum atomic E-state index is -1.01. The number of hydrogen-bond donors (Lipinski definition) is 2. The van der Waals surface area contributed by atoms with Crippen molar-refractivity contribution < 1.29 is 24.5 Å². The van der Waals surface area contributed by atoms with Crippen LogP contribution in [-0.2, 0) is 14.3 Å². The molecule has 5 heteroatoms. The fourth-order valence-corrected chi connectivity index (χ4v) is 1.37. The van der Waals surface area contributed by atoms with Crippen LogP contribution < -0.4 is 0 Å². The van der Waals surface area contributed by atoms with E-state index in [1.54, 1.807) is 0 Å². The molecule has 1 rings (SSSR count). The van der Waals surface area contributed by atoms with Gasteiger partial charge in [-0.1, -0.05) is 0 Å². The summed E-state index contributed by atoms with van der Waals surface area (Å²) in [5.41, 5.74) is 0. The molecule has 2 N–H and O–H groups in total. The molecular weight excluding hydrogens is 176 g/mol.